The highest BCUT2D eigenvalue weighted by molar-refractivity contribution is 5.91. The Morgan fingerprint density at radius 3 is 1.77 bits per heavy atom. The molecular formula is C23H22O3. The smallest absolute Gasteiger partial charge is 0.343 e. The molecule has 0 aliphatic carbocycles. The molecule has 3 heteroatoms. The number of rotatable bonds is 4. The molecule has 3 rings (SSSR count). The molecule has 132 valence electrons. The molecule has 0 aliphatic rings. The number of aldehydes is 1. The Bertz CT molecular complexity index is 845. The van der Waals surface area contributed by atoms with Crippen LogP contribution in [0.1, 0.15) is 40.1 Å². The van der Waals surface area contributed by atoms with E-state index in [1.165, 1.54) is 5.56 Å². The van der Waals surface area contributed by atoms with Gasteiger partial charge in [-0.15, -0.1) is 0 Å². The van der Waals surface area contributed by atoms with Crippen LogP contribution in [-0.2, 0) is 0 Å². The Balaban J connectivity index is 0.00000117. The van der Waals surface area contributed by atoms with E-state index >= 15 is 0 Å². The van der Waals surface area contributed by atoms with Crippen LogP contribution in [0.2, 0.25) is 0 Å². The third-order valence-corrected chi connectivity index (χ3v) is 3.73. The van der Waals surface area contributed by atoms with Crippen LogP contribution in [0.4, 0.5) is 0 Å². The van der Waals surface area contributed by atoms with Gasteiger partial charge in [-0.05, 0) is 54.4 Å². The van der Waals surface area contributed by atoms with E-state index in [1.807, 2.05) is 32.9 Å². The number of hydrogen-bond acceptors (Lipinski definition) is 3. The number of hydrogen-bond donors (Lipinski definition) is 0. The lowest BCUT2D eigenvalue weighted by atomic mass is 10.0. The highest BCUT2D eigenvalue weighted by atomic mass is 16.5. The Labute approximate surface area is 154 Å². The van der Waals surface area contributed by atoms with Crippen molar-refractivity contribution in [3.05, 3.63) is 89.5 Å². The molecule has 0 spiro atoms. The van der Waals surface area contributed by atoms with Crippen LogP contribution in [0.3, 0.4) is 0 Å². The summed E-state index contributed by atoms with van der Waals surface area (Å²) in [6, 6.07) is 21.9. The molecule has 0 fully saturated rings. The van der Waals surface area contributed by atoms with Crippen molar-refractivity contribution < 1.29 is 14.3 Å². The maximum Gasteiger partial charge on any atom is 0.343 e. The summed E-state index contributed by atoms with van der Waals surface area (Å²) in [6.07, 6.45) is 0.745. The lowest BCUT2D eigenvalue weighted by molar-refractivity contribution is 0.0734. The van der Waals surface area contributed by atoms with Crippen LogP contribution in [0.25, 0.3) is 11.1 Å². The van der Waals surface area contributed by atoms with Crippen molar-refractivity contribution in [2.45, 2.75) is 20.8 Å². The van der Waals surface area contributed by atoms with Crippen molar-refractivity contribution in [2.24, 2.45) is 0 Å². The largest absolute Gasteiger partial charge is 0.423 e. The molecular weight excluding hydrogens is 324 g/mol. The van der Waals surface area contributed by atoms with Crippen molar-refractivity contribution in [1.29, 1.82) is 0 Å². The molecule has 26 heavy (non-hydrogen) atoms. The van der Waals surface area contributed by atoms with Crippen LogP contribution in [0.5, 0.6) is 5.75 Å². The molecule has 0 aliphatic heterocycles. The number of esters is 1. The second kappa shape index (κ2) is 9.33. The molecule has 3 aromatic rings. The van der Waals surface area contributed by atoms with E-state index < -0.39 is 5.97 Å². The van der Waals surface area contributed by atoms with Crippen LogP contribution >= 0.6 is 0 Å². The van der Waals surface area contributed by atoms with E-state index in [1.54, 1.807) is 36.4 Å². The summed E-state index contributed by atoms with van der Waals surface area (Å²) in [7, 11) is 0. The SMILES string of the molecule is CC.Cc1ccc(-c2ccc(C(=O)Oc3ccc(C=O)cc3)cc2)cc1. The second-order valence-electron chi connectivity index (χ2n) is 5.52. The predicted octanol–water partition coefficient (Wildman–Crippen LogP) is 5.72. The first kappa shape index (κ1) is 19.1. The number of ether oxygens (including phenoxy) is 1. The topological polar surface area (TPSA) is 43.4 Å². The van der Waals surface area contributed by atoms with Gasteiger partial charge in [0.25, 0.3) is 0 Å². The summed E-state index contributed by atoms with van der Waals surface area (Å²) in [5, 5.41) is 0. The number of aryl methyl sites for hydroxylation is 1. The van der Waals surface area contributed by atoms with Crippen molar-refractivity contribution in [3.8, 4) is 16.9 Å². The summed E-state index contributed by atoms with van der Waals surface area (Å²) in [5.41, 5.74) is 4.37. The first-order valence-electron chi connectivity index (χ1n) is 8.60. The fraction of sp³-hybridized carbons (Fsp3) is 0.130. The molecule has 3 aromatic carbocycles. The Hall–Kier alpha value is -3.20. The highest BCUT2D eigenvalue weighted by Crippen LogP contribution is 2.21. The van der Waals surface area contributed by atoms with E-state index in [9.17, 15) is 9.59 Å². The lowest BCUT2D eigenvalue weighted by Gasteiger charge is -2.06. The molecule has 0 heterocycles. The summed E-state index contributed by atoms with van der Waals surface area (Å²) in [6.45, 7) is 6.05. The minimum atomic E-state index is -0.427. The third kappa shape index (κ3) is 4.90. The van der Waals surface area contributed by atoms with E-state index in [0.717, 1.165) is 17.4 Å². The Morgan fingerprint density at radius 2 is 1.27 bits per heavy atom. The zero-order chi connectivity index (χ0) is 18.9. The summed E-state index contributed by atoms with van der Waals surface area (Å²) < 4.78 is 5.31. The molecule has 0 N–H and O–H groups in total. The average Bonchev–Trinajstić information content (AvgIpc) is 2.71. The summed E-state index contributed by atoms with van der Waals surface area (Å²) >= 11 is 0. The van der Waals surface area contributed by atoms with Crippen molar-refractivity contribution in [1.82, 2.24) is 0 Å². The van der Waals surface area contributed by atoms with Crippen LogP contribution in [0.15, 0.2) is 72.8 Å². The van der Waals surface area contributed by atoms with E-state index in [2.05, 4.69) is 24.3 Å². The van der Waals surface area contributed by atoms with Gasteiger partial charge in [-0.3, -0.25) is 4.79 Å². The summed E-state index contributed by atoms with van der Waals surface area (Å²) in [4.78, 5) is 22.8. The maximum atomic E-state index is 12.2. The van der Waals surface area contributed by atoms with Gasteiger partial charge >= 0.3 is 5.97 Å². The lowest BCUT2D eigenvalue weighted by Crippen LogP contribution is -2.08. The highest BCUT2D eigenvalue weighted by Gasteiger charge is 2.09. The zero-order valence-corrected chi connectivity index (χ0v) is 15.2. The minimum absolute atomic E-state index is 0.410. The Morgan fingerprint density at radius 1 is 0.769 bits per heavy atom. The van der Waals surface area contributed by atoms with E-state index in [-0.39, 0.29) is 0 Å². The molecule has 0 saturated carbocycles. The van der Waals surface area contributed by atoms with Crippen LogP contribution in [-0.4, -0.2) is 12.3 Å². The zero-order valence-electron chi connectivity index (χ0n) is 15.2. The molecule has 3 nitrogen and oxygen atoms in total. The van der Waals surface area contributed by atoms with Gasteiger partial charge < -0.3 is 4.74 Å². The maximum absolute atomic E-state index is 12.2. The minimum Gasteiger partial charge on any atom is -0.423 e. The number of carbonyl (C=O) groups is 2. The molecule has 0 aromatic heterocycles. The van der Waals surface area contributed by atoms with Gasteiger partial charge in [0.2, 0.25) is 0 Å². The van der Waals surface area contributed by atoms with Gasteiger partial charge in [-0.1, -0.05) is 55.8 Å². The van der Waals surface area contributed by atoms with Crippen molar-refractivity contribution in [2.75, 3.05) is 0 Å². The molecule has 0 bridgehead atoms. The van der Waals surface area contributed by atoms with Gasteiger partial charge in [0.15, 0.2) is 0 Å². The van der Waals surface area contributed by atoms with Gasteiger partial charge in [-0.2, -0.15) is 0 Å². The van der Waals surface area contributed by atoms with E-state index in [0.29, 0.717) is 16.9 Å². The standard InChI is InChI=1S/C21H16O3.C2H6/c1-15-2-6-17(7-3-15)18-8-10-19(11-9-18)21(23)24-20-12-4-16(14-22)5-13-20;1-2/h2-14H,1H3;1-2H3. The molecule has 0 atom stereocenters. The first-order valence-corrected chi connectivity index (χ1v) is 8.60. The quantitative estimate of drug-likeness (QED) is 0.345. The van der Waals surface area contributed by atoms with Gasteiger partial charge in [0.05, 0.1) is 5.56 Å². The van der Waals surface area contributed by atoms with Crippen molar-refractivity contribution >= 4 is 12.3 Å². The second-order valence-corrected chi connectivity index (χ2v) is 5.52. The van der Waals surface area contributed by atoms with Gasteiger partial charge in [0.1, 0.15) is 12.0 Å². The average molecular weight is 346 g/mol. The first-order chi connectivity index (χ1) is 12.7. The number of benzene rings is 3. The molecule has 0 radical (unpaired) electrons. The monoisotopic (exact) mass is 346 g/mol. The van der Waals surface area contributed by atoms with Crippen LogP contribution in [0, 0.1) is 6.92 Å². The van der Waals surface area contributed by atoms with Crippen molar-refractivity contribution in [3.63, 3.8) is 0 Å². The van der Waals surface area contributed by atoms with Gasteiger partial charge in [-0.25, -0.2) is 4.79 Å². The van der Waals surface area contributed by atoms with Crippen LogP contribution < -0.4 is 4.74 Å². The fourth-order valence-corrected chi connectivity index (χ4v) is 2.33. The molecule has 0 amide bonds. The normalized spacial score (nSPS) is 9.65. The summed E-state index contributed by atoms with van der Waals surface area (Å²) in [5.74, 6) is -0.0162. The molecule has 0 saturated heterocycles. The number of carbonyl (C=O) groups excluding carboxylic acids is 2. The predicted molar refractivity (Wildman–Crippen MR) is 105 cm³/mol. The van der Waals surface area contributed by atoms with Gasteiger partial charge in [0, 0.05) is 5.56 Å². The molecule has 0 unspecified atom stereocenters. The Kier molecular flexibility index (Phi) is 6.86. The third-order valence-electron chi connectivity index (χ3n) is 3.73. The fourth-order valence-electron chi connectivity index (χ4n) is 2.33. The van der Waals surface area contributed by atoms with E-state index in [4.69, 9.17) is 4.74 Å².